The second kappa shape index (κ2) is 8.22. The molecule has 9 heteroatoms. The van der Waals surface area contributed by atoms with Crippen LogP contribution in [0.2, 0.25) is 5.02 Å². The molecule has 0 aromatic heterocycles. The van der Waals surface area contributed by atoms with Crippen LogP contribution >= 0.6 is 11.6 Å². The predicted octanol–water partition coefficient (Wildman–Crippen LogP) is 5.68. The van der Waals surface area contributed by atoms with E-state index >= 15 is 0 Å². The first-order chi connectivity index (χ1) is 16.3. The lowest BCUT2D eigenvalue weighted by Gasteiger charge is -2.46. The van der Waals surface area contributed by atoms with Gasteiger partial charge >= 0.3 is 0 Å². The lowest BCUT2D eigenvalue weighted by atomic mass is 9.92. The number of halogens is 1. The highest BCUT2D eigenvalue weighted by atomic mass is 35.5. The highest BCUT2D eigenvalue weighted by molar-refractivity contribution is 6.30. The third-order valence-corrected chi connectivity index (χ3v) is 6.55. The third-order valence-electron chi connectivity index (χ3n) is 6.32. The molecule has 3 aromatic carbocycles. The summed E-state index contributed by atoms with van der Waals surface area (Å²) in [5, 5.41) is 18.7. The van der Waals surface area contributed by atoms with Crippen molar-refractivity contribution in [3.05, 3.63) is 92.5 Å². The molecule has 0 saturated carbocycles. The summed E-state index contributed by atoms with van der Waals surface area (Å²) in [4.78, 5) is 10.7. The molecule has 0 unspecified atom stereocenters. The molecule has 34 heavy (non-hydrogen) atoms. The van der Waals surface area contributed by atoms with Gasteiger partial charge in [0, 0.05) is 47.2 Å². The van der Waals surface area contributed by atoms with E-state index in [1.54, 1.807) is 32.4 Å². The average molecular weight is 480 g/mol. The number of methoxy groups -OCH3 is 2. The Morgan fingerprint density at radius 2 is 1.82 bits per heavy atom. The zero-order chi connectivity index (χ0) is 24.0. The zero-order valence-corrected chi connectivity index (χ0v) is 19.6. The summed E-state index contributed by atoms with van der Waals surface area (Å²) in [6.45, 7) is 1.92. The molecule has 0 bridgehead atoms. The predicted molar refractivity (Wildman–Crippen MR) is 128 cm³/mol. The highest BCUT2D eigenvalue weighted by Gasteiger charge is 2.49. The monoisotopic (exact) mass is 479 g/mol. The quantitative estimate of drug-likeness (QED) is 0.345. The van der Waals surface area contributed by atoms with Crippen LogP contribution < -0.4 is 14.2 Å². The van der Waals surface area contributed by atoms with Gasteiger partial charge in [0.05, 0.1) is 30.9 Å². The minimum atomic E-state index is -0.987. The van der Waals surface area contributed by atoms with Crippen molar-refractivity contribution in [2.45, 2.75) is 25.1 Å². The summed E-state index contributed by atoms with van der Waals surface area (Å²) in [7, 11) is 3.19. The molecule has 3 aromatic rings. The maximum absolute atomic E-state index is 11.2. The van der Waals surface area contributed by atoms with E-state index in [1.807, 2.05) is 42.3 Å². The fourth-order valence-corrected chi connectivity index (χ4v) is 4.73. The SMILES string of the molecule is COc1ccc(C2=NN3[C@H](C2)c2cc(Cl)ccc2O[C@@]3(C)c2ccc([N+](=O)[O-])cc2)cc1OC. The molecular formula is C25H22ClN3O5. The van der Waals surface area contributed by atoms with Gasteiger partial charge in [-0.3, -0.25) is 10.1 Å². The van der Waals surface area contributed by atoms with Crippen molar-refractivity contribution in [3.8, 4) is 17.2 Å². The van der Waals surface area contributed by atoms with Crippen LogP contribution in [0.25, 0.3) is 0 Å². The summed E-state index contributed by atoms with van der Waals surface area (Å²) in [5.74, 6) is 1.96. The van der Waals surface area contributed by atoms with Crippen molar-refractivity contribution in [3.63, 3.8) is 0 Å². The van der Waals surface area contributed by atoms with E-state index in [2.05, 4.69) is 0 Å². The Balaban J connectivity index is 1.62. The smallest absolute Gasteiger partial charge is 0.269 e. The number of nitro benzene ring substituents is 1. The topological polar surface area (TPSA) is 86.4 Å². The zero-order valence-electron chi connectivity index (χ0n) is 18.8. The van der Waals surface area contributed by atoms with Crippen LogP contribution in [0, 0.1) is 10.1 Å². The fourth-order valence-electron chi connectivity index (χ4n) is 4.55. The molecular weight excluding hydrogens is 458 g/mol. The Labute approximate surface area is 201 Å². The summed E-state index contributed by atoms with van der Waals surface area (Å²) in [5.41, 5.74) is 2.48. The molecule has 0 amide bonds. The van der Waals surface area contributed by atoms with Crippen molar-refractivity contribution >= 4 is 23.0 Å². The number of hydrazone groups is 1. The minimum Gasteiger partial charge on any atom is -0.493 e. The van der Waals surface area contributed by atoms with Gasteiger partial charge < -0.3 is 14.2 Å². The van der Waals surface area contributed by atoms with Crippen molar-refractivity contribution < 1.29 is 19.1 Å². The van der Waals surface area contributed by atoms with Gasteiger partial charge in [-0.25, -0.2) is 5.01 Å². The van der Waals surface area contributed by atoms with Crippen molar-refractivity contribution in [1.29, 1.82) is 0 Å². The number of fused-ring (bicyclic) bond motifs is 3. The molecule has 8 nitrogen and oxygen atoms in total. The second-order valence-electron chi connectivity index (χ2n) is 8.25. The van der Waals surface area contributed by atoms with E-state index in [1.165, 1.54) is 12.1 Å². The van der Waals surface area contributed by atoms with Crippen LogP contribution in [-0.2, 0) is 5.72 Å². The van der Waals surface area contributed by atoms with E-state index in [-0.39, 0.29) is 11.7 Å². The van der Waals surface area contributed by atoms with Crippen LogP contribution in [-0.4, -0.2) is 29.9 Å². The molecule has 2 aliphatic rings. The number of ether oxygens (including phenoxy) is 3. The molecule has 174 valence electrons. The van der Waals surface area contributed by atoms with Gasteiger partial charge in [-0.1, -0.05) is 11.6 Å². The normalized spacial score (nSPS) is 20.6. The van der Waals surface area contributed by atoms with Crippen molar-refractivity contribution in [1.82, 2.24) is 5.01 Å². The first kappa shape index (κ1) is 22.0. The molecule has 2 heterocycles. The Hall–Kier alpha value is -3.78. The van der Waals surface area contributed by atoms with E-state index in [0.29, 0.717) is 28.7 Å². The Morgan fingerprint density at radius 3 is 2.50 bits per heavy atom. The molecule has 2 atom stereocenters. The molecule has 0 spiro atoms. The van der Waals surface area contributed by atoms with E-state index in [9.17, 15) is 10.1 Å². The molecule has 2 aliphatic heterocycles. The first-order valence-corrected chi connectivity index (χ1v) is 11.0. The van der Waals surface area contributed by atoms with Gasteiger partial charge in [0.15, 0.2) is 11.5 Å². The number of nitro groups is 1. The maximum atomic E-state index is 11.2. The van der Waals surface area contributed by atoms with Gasteiger partial charge in [0.1, 0.15) is 5.75 Å². The van der Waals surface area contributed by atoms with Crippen molar-refractivity contribution in [2.24, 2.45) is 5.10 Å². The van der Waals surface area contributed by atoms with E-state index < -0.39 is 10.6 Å². The van der Waals surface area contributed by atoms with Crippen LogP contribution in [0.3, 0.4) is 0 Å². The molecule has 0 fully saturated rings. The van der Waals surface area contributed by atoms with Gasteiger partial charge in [-0.2, -0.15) is 5.10 Å². The minimum absolute atomic E-state index is 0.0165. The largest absolute Gasteiger partial charge is 0.493 e. The number of rotatable bonds is 5. The summed E-state index contributed by atoms with van der Waals surface area (Å²) < 4.78 is 17.3. The Bertz CT molecular complexity index is 1310. The average Bonchev–Trinajstić information content (AvgIpc) is 3.31. The first-order valence-electron chi connectivity index (χ1n) is 10.7. The number of hydrogen-bond acceptors (Lipinski definition) is 7. The molecule has 0 saturated heterocycles. The molecule has 0 aliphatic carbocycles. The third kappa shape index (κ3) is 3.51. The summed E-state index contributed by atoms with van der Waals surface area (Å²) in [6.07, 6.45) is 0.620. The van der Waals surface area contributed by atoms with Gasteiger partial charge in [0.25, 0.3) is 5.69 Å². The van der Waals surface area contributed by atoms with Gasteiger partial charge in [-0.15, -0.1) is 0 Å². The van der Waals surface area contributed by atoms with E-state index in [0.717, 1.165) is 22.4 Å². The molecule has 0 N–H and O–H groups in total. The second-order valence-corrected chi connectivity index (χ2v) is 8.69. The van der Waals surface area contributed by atoms with E-state index in [4.69, 9.17) is 30.9 Å². The van der Waals surface area contributed by atoms with Crippen LogP contribution in [0.4, 0.5) is 5.69 Å². The Morgan fingerprint density at radius 1 is 1.09 bits per heavy atom. The van der Waals surface area contributed by atoms with Crippen LogP contribution in [0.15, 0.2) is 65.8 Å². The number of benzene rings is 3. The van der Waals surface area contributed by atoms with Crippen LogP contribution in [0.5, 0.6) is 17.2 Å². The standard InChI is InChI=1S/C25H22ClN3O5/c1-25(16-5-8-18(9-6-16)29(30)31)28-21(19-13-17(26)7-11-22(19)34-25)14-20(27-28)15-4-10-23(32-2)24(12-15)33-3/h4-13,21H,14H2,1-3H3/t21-,25+/m1/s1. The summed E-state index contributed by atoms with van der Waals surface area (Å²) in [6, 6.07) is 17.5. The molecule has 5 rings (SSSR count). The van der Waals surface area contributed by atoms with Gasteiger partial charge in [-0.05, 0) is 48.5 Å². The lowest BCUT2D eigenvalue weighted by molar-refractivity contribution is -0.384. The van der Waals surface area contributed by atoms with Gasteiger partial charge in [0.2, 0.25) is 5.72 Å². The van der Waals surface area contributed by atoms with Crippen LogP contribution in [0.1, 0.15) is 36.1 Å². The molecule has 0 radical (unpaired) electrons. The maximum Gasteiger partial charge on any atom is 0.269 e. The number of hydrogen-bond donors (Lipinski definition) is 0. The van der Waals surface area contributed by atoms with Crippen molar-refractivity contribution in [2.75, 3.05) is 14.2 Å². The number of nitrogens with zero attached hydrogens (tertiary/aromatic N) is 3. The fraction of sp³-hybridized carbons (Fsp3) is 0.240. The lowest BCUT2D eigenvalue weighted by Crippen LogP contribution is -2.48. The summed E-state index contributed by atoms with van der Waals surface area (Å²) >= 11 is 6.32. The highest BCUT2D eigenvalue weighted by Crippen LogP contribution is 2.51. The Kier molecular flexibility index (Phi) is 5.32. The number of non-ortho nitro benzene ring substituents is 1.